The molecule has 0 unspecified atom stereocenters. The van der Waals surface area contributed by atoms with E-state index in [4.69, 9.17) is 13.9 Å². The van der Waals surface area contributed by atoms with Gasteiger partial charge in [-0.15, -0.1) is 11.3 Å². The number of ether oxygens (including phenoxy) is 2. The maximum Gasteiger partial charge on any atom is 0.331 e. The number of thiophene rings is 1. The van der Waals surface area contributed by atoms with Crippen molar-refractivity contribution < 1.29 is 28.3 Å². The Kier molecular flexibility index (Phi) is 6.56. The molecular weight excluding hydrogens is 370 g/mol. The van der Waals surface area contributed by atoms with Gasteiger partial charge in [0.25, 0.3) is 0 Å². The minimum absolute atomic E-state index is 0.0219. The van der Waals surface area contributed by atoms with E-state index in [1.807, 2.05) is 0 Å². The maximum absolute atomic E-state index is 12.2. The first-order valence-corrected chi connectivity index (χ1v) is 9.29. The number of esters is 1. The Bertz CT molecular complexity index is 817. The molecule has 0 radical (unpaired) electrons. The summed E-state index contributed by atoms with van der Waals surface area (Å²) >= 11 is 1.24. The Hall–Kier alpha value is -2.71. The fraction of sp³-hybridized carbons (Fsp3) is 0.316. The van der Waals surface area contributed by atoms with E-state index in [2.05, 4.69) is 0 Å². The van der Waals surface area contributed by atoms with Crippen LogP contribution in [0.1, 0.15) is 20.3 Å². The highest BCUT2D eigenvalue weighted by Gasteiger charge is 2.19. The minimum atomic E-state index is -0.626. The molecule has 0 spiro atoms. The maximum atomic E-state index is 12.2. The highest BCUT2D eigenvalue weighted by molar-refractivity contribution is 7.14. The predicted molar refractivity (Wildman–Crippen MR) is 98.5 cm³/mol. The van der Waals surface area contributed by atoms with Crippen LogP contribution < -0.4 is 0 Å². The third-order valence-electron chi connectivity index (χ3n) is 3.90. The Labute approximate surface area is 160 Å². The van der Waals surface area contributed by atoms with E-state index in [1.165, 1.54) is 29.8 Å². The molecule has 0 atom stereocenters. The molecule has 1 aliphatic rings. The fourth-order valence-electron chi connectivity index (χ4n) is 2.49. The highest BCUT2D eigenvalue weighted by atomic mass is 32.1. The van der Waals surface area contributed by atoms with Crippen molar-refractivity contribution >= 4 is 35.1 Å². The van der Waals surface area contributed by atoms with Crippen LogP contribution in [0, 0.1) is 0 Å². The van der Waals surface area contributed by atoms with Crippen LogP contribution in [-0.4, -0.2) is 55.5 Å². The molecule has 3 heterocycles. The van der Waals surface area contributed by atoms with Gasteiger partial charge in [0.15, 0.2) is 6.61 Å². The van der Waals surface area contributed by atoms with E-state index in [9.17, 15) is 14.4 Å². The number of carbonyl (C=O) groups is 3. The quantitative estimate of drug-likeness (QED) is 0.410. The average molecular weight is 389 g/mol. The molecule has 1 aliphatic heterocycles. The molecule has 142 valence electrons. The van der Waals surface area contributed by atoms with Gasteiger partial charge in [-0.3, -0.25) is 9.59 Å². The number of morpholine rings is 1. The number of hydrogen-bond acceptors (Lipinski definition) is 7. The first kappa shape index (κ1) is 19.1. The Morgan fingerprint density at radius 1 is 1.19 bits per heavy atom. The van der Waals surface area contributed by atoms with Crippen molar-refractivity contribution in [2.45, 2.75) is 6.42 Å². The molecule has 8 heteroatoms. The Balaban J connectivity index is 1.46. The lowest BCUT2D eigenvalue weighted by atomic mass is 10.2. The monoisotopic (exact) mass is 389 g/mol. The van der Waals surface area contributed by atoms with Crippen molar-refractivity contribution in [3.8, 4) is 0 Å². The second kappa shape index (κ2) is 9.29. The molecule has 1 fully saturated rings. The van der Waals surface area contributed by atoms with Crippen molar-refractivity contribution in [3.05, 3.63) is 52.1 Å². The summed E-state index contributed by atoms with van der Waals surface area (Å²) in [6.07, 6.45) is 4.41. The normalized spacial score (nSPS) is 14.4. The fourth-order valence-corrected chi connectivity index (χ4v) is 3.41. The van der Waals surface area contributed by atoms with Crippen LogP contribution in [0.4, 0.5) is 0 Å². The van der Waals surface area contributed by atoms with Crippen molar-refractivity contribution in [2.24, 2.45) is 0 Å². The molecule has 0 aromatic carbocycles. The second-order valence-corrected chi connectivity index (χ2v) is 6.98. The second-order valence-electron chi connectivity index (χ2n) is 5.82. The number of hydrogen-bond donors (Lipinski definition) is 0. The summed E-state index contributed by atoms with van der Waals surface area (Å²) in [6.45, 7) is 1.95. The zero-order chi connectivity index (χ0) is 19.1. The number of amides is 1. The Morgan fingerprint density at radius 2 is 2.00 bits per heavy atom. The van der Waals surface area contributed by atoms with Gasteiger partial charge in [-0.05, 0) is 30.3 Å². The summed E-state index contributed by atoms with van der Waals surface area (Å²) in [5, 5.41) is 0. The smallest absolute Gasteiger partial charge is 0.331 e. The summed E-state index contributed by atoms with van der Waals surface area (Å²) in [6, 6.07) is 6.81. The molecule has 1 amide bonds. The number of carbonyl (C=O) groups excluding carboxylic acids is 3. The van der Waals surface area contributed by atoms with Crippen LogP contribution in [0.2, 0.25) is 0 Å². The summed E-state index contributed by atoms with van der Waals surface area (Å²) in [5.74, 6) is -0.386. The Morgan fingerprint density at radius 3 is 2.74 bits per heavy atom. The molecule has 3 rings (SSSR count). The SMILES string of the molecule is O=C(/C=C/c1ccco1)OCC(=O)c1ccc(CC(=O)N2CCOCC2)s1. The molecule has 2 aromatic rings. The zero-order valence-electron chi connectivity index (χ0n) is 14.6. The number of ketones is 1. The number of rotatable bonds is 7. The number of furan rings is 1. The number of nitrogens with zero attached hydrogens (tertiary/aromatic N) is 1. The summed E-state index contributed by atoms with van der Waals surface area (Å²) in [4.78, 5) is 39.1. The molecule has 27 heavy (non-hydrogen) atoms. The molecule has 2 aromatic heterocycles. The van der Waals surface area contributed by atoms with Gasteiger partial charge in [0.05, 0.1) is 30.8 Å². The van der Waals surface area contributed by atoms with Crippen LogP contribution in [-0.2, 0) is 25.5 Å². The topological polar surface area (TPSA) is 86.0 Å². The van der Waals surface area contributed by atoms with Crippen LogP contribution in [0.3, 0.4) is 0 Å². The highest BCUT2D eigenvalue weighted by Crippen LogP contribution is 2.19. The van der Waals surface area contributed by atoms with Gasteiger partial charge in [0, 0.05) is 24.0 Å². The van der Waals surface area contributed by atoms with Crippen molar-refractivity contribution in [3.63, 3.8) is 0 Å². The van der Waals surface area contributed by atoms with Crippen molar-refractivity contribution in [1.29, 1.82) is 0 Å². The van der Waals surface area contributed by atoms with E-state index in [0.29, 0.717) is 36.9 Å². The average Bonchev–Trinajstić information content (AvgIpc) is 3.37. The van der Waals surface area contributed by atoms with Gasteiger partial charge in [0.1, 0.15) is 5.76 Å². The van der Waals surface area contributed by atoms with E-state index in [0.717, 1.165) is 4.88 Å². The van der Waals surface area contributed by atoms with Crippen LogP contribution in [0.5, 0.6) is 0 Å². The van der Waals surface area contributed by atoms with Crippen LogP contribution in [0.15, 0.2) is 41.0 Å². The summed E-state index contributed by atoms with van der Waals surface area (Å²) < 4.78 is 15.2. The largest absolute Gasteiger partial charge is 0.465 e. The van der Waals surface area contributed by atoms with E-state index < -0.39 is 5.97 Å². The molecule has 1 saturated heterocycles. The van der Waals surface area contributed by atoms with Gasteiger partial charge in [-0.25, -0.2) is 4.79 Å². The van der Waals surface area contributed by atoms with Crippen LogP contribution >= 0.6 is 11.3 Å². The molecule has 0 N–H and O–H groups in total. The molecular formula is C19H19NO6S. The predicted octanol–water partition coefficient (Wildman–Crippen LogP) is 2.18. The molecule has 7 nitrogen and oxygen atoms in total. The lowest BCUT2D eigenvalue weighted by Gasteiger charge is -2.26. The lowest BCUT2D eigenvalue weighted by molar-refractivity contribution is -0.136. The molecule has 0 aliphatic carbocycles. The number of Topliss-reactive ketones (excluding diaryl/α,β-unsaturated/α-hetero) is 1. The zero-order valence-corrected chi connectivity index (χ0v) is 15.4. The third kappa shape index (κ3) is 5.63. The van der Waals surface area contributed by atoms with Gasteiger partial charge < -0.3 is 18.8 Å². The first-order valence-electron chi connectivity index (χ1n) is 8.47. The first-order chi connectivity index (χ1) is 13.1. The van der Waals surface area contributed by atoms with Gasteiger partial charge in [0.2, 0.25) is 11.7 Å². The minimum Gasteiger partial charge on any atom is -0.465 e. The van der Waals surface area contributed by atoms with E-state index >= 15 is 0 Å². The van der Waals surface area contributed by atoms with E-state index in [-0.39, 0.29) is 24.7 Å². The summed E-state index contributed by atoms with van der Waals surface area (Å²) in [7, 11) is 0. The van der Waals surface area contributed by atoms with E-state index in [1.54, 1.807) is 29.2 Å². The standard InChI is InChI=1S/C19H19NO6S/c21-16(13-26-19(23)6-3-14-2-1-9-25-14)17-5-4-15(27-17)12-18(22)20-7-10-24-11-8-20/h1-6,9H,7-8,10-13H2/b6-3+. The third-order valence-corrected chi connectivity index (χ3v) is 5.02. The molecule has 0 saturated carbocycles. The lowest BCUT2D eigenvalue weighted by Crippen LogP contribution is -2.41. The van der Waals surface area contributed by atoms with Crippen LogP contribution in [0.25, 0.3) is 6.08 Å². The van der Waals surface area contributed by atoms with Gasteiger partial charge in [-0.2, -0.15) is 0 Å². The summed E-state index contributed by atoms with van der Waals surface area (Å²) in [5.41, 5.74) is 0. The van der Waals surface area contributed by atoms with Gasteiger partial charge >= 0.3 is 5.97 Å². The molecule has 0 bridgehead atoms. The van der Waals surface area contributed by atoms with Gasteiger partial charge in [-0.1, -0.05) is 0 Å². The van der Waals surface area contributed by atoms with Crippen molar-refractivity contribution in [1.82, 2.24) is 4.90 Å². The van der Waals surface area contributed by atoms with Crippen molar-refractivity contribution in [2.75, 3.05) is 32.9 Å².